The summed E-state index contributed by atoms with van der Waals surface area (Å²) in [5, 5.41) is 0. The minimum absolute atomic E-state index is 0.145. The van der Waals surface area contributed by atoms with Gasteiger partial charge in [-0.15, -0.1) is 0 Å². The Bertz CT molecular complexity index is 150. The van der Waals surface area contributed by atoms with Crippen LogP contribution in [0.4, 0.5) is 4.39 Å². The summed E-state index contributed by atoms with van der Waals surface area (Å²) >= 11 is 0. The highest BCUT2D eigenvalue weighted by Gasteiger charge is 2.16. The Balaban J connectivity index is 0.000000366. The van der Waals surface area contributed by atoms with Crippen molar-refractivity contribution in [3.05, 3.63) is 0 Å². The summed E-state index contributed by atoms with van der Waals surface area (Å²) in [5.41, 5.74) is 0. The summed E-state index contributed by atoms with van der Waals surface area (Å²) in [7, 11) is 0. The number of alkyl halides is 1. The maximum absolute atomic E-state index is 11.2. The highest BCUT2D eigenvalue weighted by atomic mass is 19.1. The van der Waals surface area contributed by atoms with Gasteiger partial charge in [-0.25, -0.2) is 0 Å². The van der Waals surface area contributed by atoms with E-state index < -0.39 is 0 Å². The molecule has 0 aromatic heterocycles. The van der Waals surface area contributed by atoms with Gasteiger partial charge in [0.05, 0.1) is 6.67 Å². The molecule has 1 aliphatic rings. The number of hydrogen-bond acceptors (Lipinski definition) is 2. The van der Waals surface area contributed by atoms with E-state index in [-0.39, 0.29) is 6.67 Å². The fourth-order valence-corrected chi connectivity index (χ4v) is 1.94. The number of unbranched alkanes of at least 4 members (excludes halogenated alkanes) is 2. The molecule has 0 bridgehead atoms. The zero-order valence-electron chi connectivity index (χ0n) is 12.2. The minimum atomic E-state index is -0.145. The van der Waals surface area contributed by atoms with E-state index in [1.807, 2.05) is 0 Å². The second kappa shape index (κ2) is 11.0. The van der Waals surface area contributed by atoms with Crippen molar-refractivity contribution in [1.29, 1.82) is 0 Å². The maximum atomic E-state index is 11.2. The molecule has 1 heterocycles. The zero-order valence-corrected chi connectivity index (χ0v) is 12.2. The second-order valence-electron chi connectivity index (χ2n) is 4.96. The summed E-state index contributed by atoms with van der Waals surface area (Å²) < 4.78 is 11.2. The molecule has 0 saturated carbocycles. The van der Waals surface area contributed by atoms with Gasteiger partial charge in [0, 0.05) is 32.2 Å². The number of rotatable bonds is 5. The van der Waals surface area contributed by atoms with Crippen LogP contribution in [0.3, 0.4) is 0 Å². The Morgan fingerprint density at radius 2 is 1.59 bits per heavy atom. The maximum Gasteiger partial charge on any atom is 0.0894 e. The largest absolute Gasteiger partial charge is 0.301 e. The number of halogens is 1. The average molecular weight is 246 g/mol. The number of piperazine rings is 1. The van der Waals surface area contributed by atoms with Gasteiger partial charge in [0.25, 0.3) is 0 Å². The van der Waals surface area contributed by atoms with E-state index in [1.165, 1.54) is 32.7 Å². The van der Waals surface area contributed by atoms with Crippen LogP contribution in [0.15, 0.2) is 0 Å². The van der Waals surface area contributed by atoms with Crippen molar-refractivity contribution in [2.75, 3.05) is 39.4 Å². The van der Waals surface area contributed by atoms with Gasteiger partial charge in [-0.05, 0) is 26.8 Å². The molecular weight excluding hydrogens is 215 g/mol. The van der Waals surface area contributed by atoms with Crippen molar-refractivity contribution >= 4 is 0 Å². The lowest BCUT2D eigenvalue weighted by atomic mass is 10.2. The van der Waals surface area contributed by atoms with Gasteiger partial charge in [0.15, 0.2) is 0 Å². The lowest BCUT2D eigenvalue weighted by Crippen LogP contribution is -2.48. The molecule has 0 radical (unpaired) electrons. The first-order chi connectivity index (χ1) is 8.15. The van der Waals surface area contributed by atoms with Crippen molar-refractivity contribution in [2.45, 2.75) is 53.0 Å². The van der Waals surface area contributed by atoms with Crippen molar-refractivity contribution in [3.63, 3.8) is 0 Å². The smallest absolute Gasteiger partial charge is 0.0894 e. The van der Waals surface area contributed by atoms with Gasteiger partial charge in [0.1, 0.15) is 0 Å². The van der Waals surface area contributed by atoms with Crippen LogP contribution < -0.4 is 0 Å². The fraction of sp³-hybridized carbons (Fsp3) is 1.00. The van der Waals surface area contributed by atoms with Crippen molar-refractivity contribution in [3.8, 4) is 0 Å². The van der Waals surface area contributed by atoms with Crippen LogP contribution >= 0.6 is 0 Å². The molecule has 0 amide bonds. The molecule has 0 N–H and O–H groups in total. The van der Waals surface area contributed by atoms with Crippen LogP contribution in [-0.4, -0.2) is 55.2 Å². The average Bonchev–Trinajstić information content (AvgIpc) is 2.37. The van der Waals surface area contributed by atoms with Crippen LogP contribution in [0.25, 0.3) is 0 Å². The van der Waals surface area contributed by atoms with E-state index >= 15 is 0 Å². The normalized spacial score (nSPS) is 18.0. The second-order valence-corrected chi connectivity index (χ2v) is 4.96. The van der Waals surface area contributed by atoms with E-state index in [0.717, 1.165) is 25.3 Å². The van der Waals surface area contributed by atoms with E-state index in [9.17, 15) is 4.39 Å². The molecule has 17 heavy (non-hydrogen) atoms. The van der Waals surface area contributed by atoms with E-state index in [2.05, 4.69) is 37.5 Å². The summed E-state index contributed by atoms with van der Waals surface area (Å²) in [4.78, 5) is 5.06. The van der Waals surface area contributed by atoms with Crippen LogP contribution in [0.1, 0.15) is 47.0 Å². The number of nitrogens with zero attached hydrogens (tertiary/aromatic N) is 2. The monoisotopic (exact) mass is 246 g/mol. The Morgan fingerprint density at radius 3 is 1.88 bits per heavy atom. The molecule has 0 spiro atoms. The van der Waals surface area contributed by atoms with Crippen molar-refractivity contribution in [2.24, 2.45) is 0 Å². The standard InChI is InChI=1S/C9H20N2.C5H11F/c1-4-10-5-7-11(8-6-10)9(2)3;1-2-3-4-5-6/h9H,4-8H2,1-3H3;2-5H2,1H3. The first kappa shape index (κ1) is 16.9. The SMILES string of the molecule is CCCCCF.CCN1CCN(C(C)C)CC1. The van der Waals surface area contributed by atoms with Gasteiger partial charge in [-0.2, -0.15) is 0 Å². The quantitative estimate of drug-likeness (QED) is 0.687. The topological polar surface area (TPSA) is 6.48 Å². The Hall–Kier alpha value is -0.150. The molecule has 2 nitrogen and oxygen atoms in total. The third kappa shape index (κ3) is 8.56. The molecule has 0 atom stereocenters. The predicted octanol–water partition coefficient (Wildman–Crippen LogP) is 3.18. The Kier molecular flexibility index (Phi) is 10.9. The molecule has 0 unspecified atom stereocenters. The van der Waals surface area contributed by atoms with E-state index in [1.54, 1.807) is 0 Å². The first-order valence-electron chi connectivity index (χ1n) is 7.18. The predicted molar refractivity (Wildman–Crippen MR) is 74.3 cm³/mol. The summed E-state index contributed by atoms with van der Waals surface area (Å²) in [5.74, 6) is 0. The van der Waals surface area contributed by atoms with Crippen molar-refractivity contribution < 1.29 is 4.39 Å². The highest BCUT2D eigenvalue weighted by Crippen LogP contribution is 2.04. The molecule has 3 heteroatoms. The lowest BCUT2D eigenvalue weighted by Gasteiger charge is -2.36. The zero-order chi connectivity index (χ0) is 13.1. The highest BCUT2D eigenvalue weighted by molar-refractivity contribution is 4.72. The van der Waals surface area contributed by atoms with E-state index in [4.69, 9.17) is 0 Å². The van der Waals surface area contributed by atoms with Crippen LogP contribution in [-0.2, 0) is 0 Å². The van der Waals surface area contributed by atoms with Crippen LogP contribution in [0.2, 0.25) is 0 Å². The molecule has 104 valence electrons. The van der Waals surface area contributed by atoms with Crippen LogP contribution in [0.5, 0.6) is 0 Å². The summed E-state index contributed by atoms with van der Waals surface area (Å²) in [6, 6.07) is 0.731. The van der Waals surface area contributed by atoms with Crippen molar-refractivity contribution in [1.82, 2.24) is 9.80 Å². The van der Waals surface area contributed by atoms with Gasteiger partial charge >= 0.3 is 0 Å². The molecule has 1 rings (SSSR count). The molecule has 1 aliphatic heterocycles. The van der Waals surface area contributed by atoms with Gasteiger partial charge in [0.2, 0.25) is 0 Å². The molecule has 0 aliphatic carbocycles. The van der Waals surface area contributed by atoms with Crippen LogP contribution in [0, 0.1) is 0 Å². The third-order valence-electron chi connectivity index (χ3n) is 3.32. The molecule has 0 aromatic rings. The van der Waals surface area contributed by atoms with E-state index in [0.29, 0.717) is 0 Å². The number of likely N-dealkylation sites (N-methyl/N-ethyl adjacent to an activating group) is 1. The number of hydrogen-bond donors (Lipinski definition) is 0. The van der Waals surface area contributed by atoms with Gasteiger partial charge in [-0.3, -0.25) is 9.29 Å². The van der Waals surface area contributed by atoms with Gasteiger partial charge in [-0.1, -0.05) is 26.7 Å². The molecule has 1 fully saturated rings. The first-order valence-corrected chi connectivity index (χ1v) is 7.18. The summed E-state index contributed by atoms with van der Waals surface area (Å²) in [6.07, 6.45) is 2.90. The molecule has 1 saturated heterocycles. The summed E-state index contributed by atoms with van der Waals surface area (Å²) in [6.45, 7) is 15.0. The van der Waals surface area contributed by atoms with Gasteiger partial charge < -0.3 is 4.90 Å². The Morgan fingerprint density at radius 1 is 1.00 bits per heavy atom. The molecule has 0 aromatic carbocycles. The fourth-order valence-electron chi connectivity index (χ4n) is 1.94. The Labute approximate surface area is 107 Å². The lowest BCUT2D eigenvalue weighted by molar-refractivity contribution is 0.112. The third-order valence-corrected chi connectivity index (χ3v) is 3.32. The minimum Gasteiger partial charge on any atom is -0.301 e. The molecular formula is C14H31FN2.